The average molecular weight is 281 g/mol. The molecule has 0 bridgehead atoms. The van der Waals surface area contributed by atoms with Crippen molar-refractivity contribution < 1.29 is 13.2 Å². The molecule has 1 aromatic carbocycles. The highest BCUT2D eigenvalue weighted by Gasteiger charge is 2.13. The fourth-order valence-electron chi connectivity index (χ4n) is 1.71. The molecule has 0 aliphatic heterocycles. The molecule has 2 rings (SSSR count). The van der Waals surface area contributed by atoms with E-state index in [1.165, 1.54) is 12.1 Å². The van der Waals surface area contributed by atoms with Gasteiger partial charge in [0.1, 0.15) is 5.82 Å². The van der Waals surface area contributed by atoms with E-state index >= 15 is 0 Å². The second-order valence-electron chi connectivity index (χ2n) is 4.29. The van der Waals surface area contributed by atoms with Crippen LogP contribution in [-0.2, 0) is 0 Å². The van der Waals surface area contributed by atoms with Crippen molar-refractivity contribution in [2.75, 3.05) is 17.2 Å². The maximum atomic E-state index is 13.7. The third-order valence-corrected chi connectivity index (χ3v) is 2.65. The van der Waals surface area contributed by atoms with E-state index in [-0.39, 0.29) is 17.3 Å². The minimum atomic E-state index is -0.884. The molecule has 0 unspecified atom stereocenters. The van der Waals surface area contributed by atoms with E-state index in [1.807, 2.05) is 0 Å². The van der Waals surface area contributed by atoms with Gasteiger partial charge in [-0.05, 0) is 31.5 Å². The molecule has 1 aromatic heterocycles. The minimum absolute atomic E-state index is 0.0792. The molecule has 106 valence electrons. The number of hydrogen-bond acceptors (Lipinski definition) is 3. The number of aryl methyl sites for hydroxylation is 1. The van der Waals surface area contributed by atoms with Crippen LogP contribution in [0.3, 0.4) is 0 Å². The number of aromatic nitrogens is 1. The number of nitrogens with one attached hydrogen (secondary N) is 2. The lowest BCUT2D eigenvalue weighted by Crippen LogP contribution is -2.07. The zero-order valence-electron chi connectivity index (χ0n) is 11.1. The van der Waals surface area contributed by atoms with E-state index in [0.717, 1.165) is 5.56 Å². The van der Waals surface area contributed by atoms with Crippen molar-refractivity contribution in [3.63, 3.8) is 0 Å². The van der Waals surface area contributed by atoms with Gasteiger partial charge in [0.05, 0.1) is 5.69 Å². The van der Waals surface area contributed by atoms with E-state index in [0.29, 0.717) is 12.6 Å². The predicted molar refractivity (Wildman–Crippen MR) is 72.7 cm³/mol. The molecular formula is C14H14F3N3. The van der Waals surface area contributed by atoms with Crippen LogP contribution < -0.4 is 10.6 Å². The Morgan fingerprint density at radius 3 is 2.40 bits per heavy atom. The van der Waals surface area contributed by atoms with Crippen LogP contribution in [0.5, 0.6) is 0 Å². The van der Waals surface area contributed by atoms with Gasteiger partial charge in [0, 0.05) is 12.6 Å². The Morgan fingerprint density at radius 1 is 1.00 bits per heavy atom. The summed E-state index contributed by atoms with van der Waals surface area (Å²) in [5.41, 5.74) is 0.897. The SMILES string of the molecule is CCNc1nc(Nc2cc(C)ccc2F)c(F)cc1F. The highest BCUT2D eigenvalue weighted by molar-refractivity contribution is 5.60. The van der Waals surface area contributed by atoms with Crippen LogP contribution in [0.2, 0.25) is 0 Å². The van der Waals surface area contributed by atoms with Gasteiger partial charge in [-0.1, -0.05) is 6.07 Å². The van der Waals surface area contributed by atoms with Gasteiger partial charge in [-0.15, -0.1) is 0 Å². The van der Waals surface area contributed by atoms with Crippen LogP contribution in [0.4, 0.5) is 30.5 Å². The topological polar surface area (TPSA) is 37.0 Å². The molecule has 0 saturated heterocycles. The summed E-state index contributed by atoms with van der Waals surface area (Å²) in [6, 6.07) is 5.09. The molecule has 3 nitrogen and oxygen atoms in total. The number of halogens is 3. The molecule has 0 aliphatic carbocycles. The smallest absolute Gasteiger partial charge is 0.169 e. The van der Waals surface area contributed by atoms with Gasteiger partial charge in [0.25, 0.3) is 0 Å². The fourth-order valence-corrected chi connectivity index (χ4v) is 1.71. The van der Waals surface area contributed by atoms with Crippen molar-refractivity contribution in [3.05, 3.63) is 47.3 Å². The lowest BCUT2D eigenvalue weighted by Gasteiger charge is -2.11. The van der Waals surface area contributed by atoms with Gasteiger partial charge in [-0.25, -0.2) is 18.2 Å². The zero-order valence-corrected chi connectivity index (χ0v) is 11.1. The quantitative estimate of drug-likeness (QED) is 0.890. The number of anilines is 3. The third-order valence-electron chi connectivity index (χ3n) is 2.65. The highest BCUT2D eigenvalue weighted by Crippen LogP contribution is 2.24. The molecule has 0 aliphatic rings. The average Bonchev–Trinajstić information content (AvgIpc) is 2.39. The monoisotopic (exact) mass is 281 g/mol. The summed E-state index contributed by atoms with van der Waals surface area (Å²) < 4.78 is 40.7. The van der Waals surface area contributed by atoms with Gasteiger partial charge >= 0.3 is 0 Å². The van der Waals surface area contributed by atoms with Crippen LogP contribution in [0.1, 0.15) is 12.5 Å². The van der Waals surface area contributed by atoms with Crippen molar-refractivity contribution in [1.29, 1.82) is 0 Å². The van der Waals surface area contributed by atoms with Crippen LogP contribution in [0.15, 0.2) is 24.3 Å². The van der Waals surface area contributed by atoms with Crippen molar-refractivity contribution >= 4 is 17.3 Å². The number of rotatable bonds is 4. The summed E-state index contributed by atoms with van der Waals surface area (Å²) in [6.45, 7) is 3.98. The van der Waals surface area contributed by atoms with Crippen LogP contribution >= 0.6 is 0 Å². The molecular weight excluding hydrogens is 267 g/mol. The number of nitrogens with zero attached hydrogens (tertiary/aromatic N) is 1. The summed E-state index contributed by atoms with van der Waals surface area (Å²) in [5.74, 6) is -2.52. The molecule has 0 saturated carbocycles. The Labute approximate surface area is 114 Å². The van der Waals surface area contributed by atoms with E-state index < -0.39 is 17.5 Å². The lowest BCUT2D eigenvalue weighted by atomic mass is 10.2. The number of pyridine rings is 1. The zero-order chi connectivity index (χ0) is 14.7. The molecule has 20 heavy (non-hydrogen) atoms. The van der Waals surface area contributed by atoms with Crippen molar-refractivity contribution in [3.8, 4) is 0 Å². The van der Waals surface area contributed by atoms with Crippen LogP contribution in [-0.4, -0.2) is 11.5 Å². The maximum Gasteiger partial charge on any atom is 0.169 e. The summed E-state index contributed by atoms with van der Waals surface area (Å²) in [5, 5.41) is 5.21. The Balaban J connectivity index is 2.37. The summed E-state index contributed by atoms with van der Waals surface area (Å²) in [4.78, 5) is 3.79. The molecule has 0 spiro atoms. The van der Waals surface area contributed by atoms with Crippen LogP contribution in [0.25, 0.3) is 0 Å². The minimum Gasteiger partial charge on any atom is -0.368 e. The van der Waals surface area contributed by atoms with Gasteiger partial charge in [0.15, 0.2) is 23.3 Å². The Morgan fingerprint density at radius 2 is 1.70 bits per heavy atom. The molecule has 6 heteroatoms. The molecule has 0 fully saturated rings. The van der Waals surface area contributed by atoms with Crippen molar-refractivity contribution in [2.24, 2.45) is 0 Å². The second kappa shape index (κ2) is 5.81. The summed E-state index contributed by atoms with van der Waals surface area (Å²) in [6.07, 6.45) is 0. The fraction of sp³-hybridized carbons (Fsp3) is 0.214. The number of benzene rings is 1. The van der Waals surface area contributed by atoms with E-state index in [4.69, 9.17) is 0 Å². The molecule has 0 radical (unpaired) electrons. The highest BCUT2D eigenvalue weighted by atomic mass is 19.1. The molecule has 2 N–H and O–H groups in total. The Kier molecular flexibility index (Phi) is 4.12. The first kappa shape index (κ1) is 14.2. The molecule has 1 heterocycles. The number of hydrogen-bond donors (Lipinski definition) is 2. The van der Waals surface area contributed by atoms with Gasteiger partial charge < -0.3 is 10.6 Å². The summed E-state index contributed by atoms with van der Waals surface area (Å²) in [7, 11) is 0. The normalized spacial score (nSPS) is 10.4. The van der Waals surface area contributed by atoms with Gasteiger partial charge in [0.2, 0.25) is 0 Å². The van der Waals surface area contributed by atoms with Crippen LogP contribution in [0, 0.1) is 24.4 Å². The van der Waals surface area contributed by atoms with E-state index in [9.17, 15) is 13.2 Å². The van der Waals surface area contributed by atoms with Gasteiger partial charge in [-0.2, -0.15) is 0 Å². The Bertz CT molecular complexity index is 629. The second-order valence-corrected chi connectivity index (χ2v) is 4.29. The predicted octanol–water partition coefficient (Wildman–Crippen LogP) is 3.98. The first-order chi connectivity index (χ1) is 9.51. The van der Waals surface area contributed by atoms with E-state index in [1.54, 1.807) is 19.9 Å². The standard InChI is InChI=1S/C14H14F3N3/c1-3-18-13-10(16)7-11(17)14(20-13)19-12-6-8(2)4-5-9(12)15/h4-7H,3H2,1-2H3,(H2,18,19,20). The first-order valence-corrected chi connectivity index (χ1v) is 6.14. The maximum absolute atomic E-state index is 13.7. The largest absolute Gasteiger partial charge is 0.368 e. The molecule has 2 aromatic rings. The molecule has 0 atom stereocenters. The van der Waals surface area contributed by atoms with Crippen molar-refractivity contribution in [2.45, 2.75) is 13.8 Å². The first-order valence-electron chi connectivity index (χ1n) is 6.14. The molecule has 0 amide bonds. The van der Waals surface area contributed by atoms with Gasteiger partial charge in [-0.3, -0.25) is 0 Å². The lowest BCUT2D eigenvalue weighted by molar-refractivity contribution is 0.579. The third kappa shape index (κ3) is 3.01. The Hall–Kier alpha value is -2.24. The van der Waals surface area contributed by atoms with Crippen molar-refractivity contribution in [1.82, 2.24) is 4.98 Å². The summed E-state index contributed by atoms with van der Waals surface area (Å²) >= 11 is 0. The van der Waals surface area contributed by atoms with E-state index in [2.05, 4.69) is 15.6 Å².